The van der Waals surface area contributed by atoms with Gasteiger partial charge in [-0.25, -0.2) is 32.1 Å². The van der Waals surface area contributed by atoms with Crippen LogP contribution in [-0.2, 0) is 31.2 Å². The Morgan fingerprint density at radius 1 is 0.533 bits per heavy atom. The maximum absolute atomic E-state index is 11.7. The molecular formula is C28H38N12O12S8. The molecule has 0 aliphatic heterocycles. The number of nitrogens with one attached hydrogen (secondary N) is 3. The minimum absolute atomic E-state index is 0. The summed E-state index contributed by atoms with van der Waals surface area (Å²) >= 11 is 17.6. The third kappa shape index (κ3) is 10.9. The van der Waals surface area contributed by atoms with E-state index in [1.807, 2.05) is 27.7 Å². The van der Waals surface area contributed by atoms with Crippen molar-refractivity contribution in [3.05, 3.63) is 55.7 Å². The van der Waals surface area contributed by atoms with Gasteiger partial charge < -0.3 is 26.5 Å². The molecule has 6 unspecified atom stereocenters. The fourth-order valence-electron chi connectivity index (χ4n) is 6.65. The topological polar surface area (TPSA) is 345 Å². The summed E-state index contributed by atoms with van der Waals surface area (Å²) in [7, 11) is -7.40. The Labute approximate surface area is 371 Å². The van der Waals surface area contributed by atoms with E-state index in [1.54, 1.807) is 13.2 Å². The molecule has 2 aliphatic carbocycles. The van der Waals surface area contributed by atoms with Crippen molar-refractivity contribution in [2.24, 2.45) is 11.8 Å². The largest absolute Gasteiger partial charge is 0.425 e. The quantitative estimate of drug-likeness (QED) is 0.121. The van der Waals surface area contributed by atoms with Gasteiger partial charge in [0.25, 0.3) is 14.5 Å². The van der Waals surface area contributed by atoms with Gasteiger partial charge in [0.05, 0.1) is 35.5 Å². The van der Waals surface area contributed by atoms with E-state index in [9.17, 15) is 16.8 Å². The highest BCUT2D eigenvalue weighted by Gasteiger charge is 2.58. The highest BCUT2D eigenvalue weighted by molar-refractivity contribution is 7.90. The molecule has 2 aliphatic rings. The first-order valence-electron chi connectivity index (χ1n) is 16.8. The third-order valence-electron chi connectivity index (χ3n) is 8.91. The van der Waals surface area contributed by atoms with Crippen molar-refractivity contribution in [3.63, 3.8) is 0 Å². The van der Waals surface area contributed by atoms with E-state index in [0.717, 1.165) is 12.5 Å². The zero-order valence-electron chi connectivity index (χ0n) is 32.4. The number of aromatic nitrogens is 12. The van der Waals surface area contributed by atoms with Crippen molar-refractivity contribution < 1.29 is 51.8 Å². The molecule has 0 aromatic carbocycles. The van der Waals surface area contributed by atoms with Gasteiger partial charge in [-0.3, -0.25) is 0 Å². The average Bonchev–Trinajstić information content (AvgIpc) is 4.03. The maximum Gasteiger partial charge on any atom is 0.335 e. The normalized spacial score (nSPS) is 22.9. The number of thiol groups is 1. The number of hydrogen-bond acceptors (Lipinski definition) is 25. The Balaban J connectivity index is 0.000000280. The van der Waals surface area contributed by atoms with Crippen LogP contribution in [0.3, 0.4) is 0 Å². The number of rotatable bonds is 8. The second-order valence-corrected chi connectivity index (χ2v) is 17.3. The number of aromatic amines is 3. The van der Waals surface area contributed by atoms with E-state index in [1.165, 1.54) is 0 Å². The molecule has 0 spiro atoms. The molecule has 6 heterocycles. The summed E-state index contributed by atoms with van der Waals surface area (Å²) in [6, 6.07) is 0. The number of sulfone groups is 2. The lowest BCUT2D eigenvalue weighted by Gasteiger charge is -2.44. The van der Waals surface area contributed by atoms with Crippen LogP contribution >= 0.6 is 62.8 Å². The molecule has 24 nitrogen and oxygen atoms in total. The van der Waals surface area contributed by atoms with Gasteiger partial charge in [-0.15, -0.1) is 35.7 Å². The molecule has 330 valence electrons. The number of hydrogen-bond donors (Lipinski definition) is 4. The zero-order valence-corrected chi connectivity index (χ0v) is 39.2. The van der Waals surface area contributed by atoms with Gasteiger partial charge in [-0.05, 0) is 54.7 Å². The Morgan fingerprint density at radius 3 is 1.10 bits per heavy atom. The highest BCUT2D eigenvalue weighted by Crippen LogP contribution is 2.62. The maximum atomic E-state index is 11.7. The van der Waals surface area contributed by atoms with Gasteiger partial charge >= 0.3 is 22.0 Å². The van der Waals surface area contributed by atoms with Crippen LogP contribution in [0.5, 0.6) is 0 Å². The smallest absolute Gasteiger partial charge is 0.335 e. The molecule has 2 saturated carbocycles. The highest BCUT2D eigenvalue weighted by atomic mass is 32.2. The first-order chi connectivity index (χ1) is 27.9. The molecule has 60 heavy (non-hydrogen) atoms. The molecular weight excluding hydrogens is 953 g/mol. The lowest BCUT2D eigenvalue weighted by molar-refractivity contribution is 0.0967. The first-order valence-corrected chi connectivity index (χ1v) is 23.4. The van der Waals surface area contributed by atoms with Gasteiger partial charge in [-0.1, -0.05) is 37.9 Å². The third-order valence-corrected chi connectivity index (χ3v) is 11.0. The summed E-state index contributed by atoms with van der Waals surface area (Å²) in [4.78, 5) is 0.632. The van der Waals surface area contributed by atoms with Crippen LogP contribution in [0.15, 0.2) is 36.9 Å². The summed E-state index contributed by atoms with van der Waals surface area (Å²) in [5.41, 5.74) is 0. The minimum atomic E-state index is -3.71. The Hall–Kier alpha value is -4.08. The number of H-pyrrole nitrogens is 3. The summed E-state index contributed by atoms with van der Waals surface area (Å²) in [5.74, 6) is 0.0668. The molecule has 32 heteroatoms. The Kier molecular flexibility index (Phi) is 17.7. The van der Waals surface area contributed by atoms with Crippen molar-refractivity contribution in [1.29, 1.82) is 0 Å². The van der Waals surface area contributed by atoms with Gasteiger partial charge in [0.15, 0.2) is 0 Å². The van der Waals surface area contributed by atoms with Crippen LogP contribution in [0, 0.1) is 33.3 Å². The van der Waals surface area contributed by atoms with Crippen molar-refractivity contribution in [2.45, 2.75) is 80.6 Å². The molecule has 0 saturated heterocycles. The molecule has 6 atom stereocenters. The van der Waals surface area contributed by atoms with Crippen molar-refractivity contribution >= 4 is 94.0 Å². The van der Waals surface area contributed by atoms with Crippen molar-refractivity contribution in [1.82, 2.24) is 61.2 Å². The van der Waals surface area contributed by atoms with Crippen LogP contribution < -0.4 is 0 Å². The van der Waals surface area contributed by atoms with Crippen LogP contribution in [0.25, 0.3) is 0 Å². The van der Waals surface area contributed by atoms with Crippen molar-refractivity contribution in [3.8, 4) is 0 Å². The second-order valence-electron chi connectivity index (χ2n) is 12.3. The fourth-order valence-corrected chi connectivity index (χ4v) is 7.89. The predicted molar refractivity (Wildman–Crippen MR) is 219 cm³/mol. The van der Waals surface area contributed by atoms with E-state index < -0.39 is 59.4 Å². The van der Waals surface area contributed by atoms with Gasteiger partial charge in [0.2, 0.25) is 60.9 Å². The van der Waals surface area contributed by atoms with Crippen LogP contribution in [0.1, 0.15) is 104 Å². The van der Waals surface area contributed by atoms with E-state index in [-0.39, 0.29) is 69.4 Å². The lowest BCUT2D eigenvalue weighted by atomic mass is 9.57. The first kappa shape index (κ1) is 50.3. The number of aryl methyl sites for hydroxylation is 1. The molecule has 0 amide bonds. The summed E-state index contributed by atoms with van der Waals surface area (Å²) in [6.07, 6.45) is 3.59. The van der Waals surface area contributed by atoms with Crippen LogP contribution in [0.2, 0.25) is 0 Å². The summed E-state index contributed by atoms with van der Waals surface area (Å²) in [5, 5.41) is 41.9. The average molecular weight is 991 g/mol. The molecule has 6 aromatic rings. The monoisotopic (exact) mass is 990 g/mol. The lowest BCUT2D eigenvalue weighted by Crippen LogP contribution is -2.40. The van der Waals surface area contributed by atoms with Gasteiger partial charge in [0, 0.05) is 19.4 Å². The fraction of sp³-hybridized carbons (Fsp3) is 0.571. The summed E-state index contributed by atoms with van der Waals surface area (Å²) in [6.45, 7) is 9.52. The summed E-state index contributed by atoms with van der Waals surface area (Å²) < 4.78 is 96.1. The van der Waals surface area contributed by atoms with E-state index in [0.29, 0.717) is 29.5 Å². The van der Waals surface area contributed by atoms with Crippen LogP contribution in [0.4, 0.5) is 0 Å². The second kappa shape index (κ2) is 21.1. The van der Waals surface area contributed by atoms with Gasteiger partial charge in [0.1, 0.15) is 0 Å². The molecule has 3 N–H and O–H groups in total. The number of nitrogens with zero attached hydrogens (tertiary/aromatic N) is 9. The SMILES string of the molecule is CC.CC1C(c2n[nH]c(=S)o2)C(c2n[nH]c(=S)o2)C1c1n[nH]c(=S)o1.CS.Cc1nnc(C2C(C)C(c3nnc(S(C)(=O)=O)o3)C2c2nnc(S(C)(=O)=O)o2)o1.O=S=O.S. The molecule has 0 radical (unpaired) electrons. The minimum Gasteiger partial charge on any atom is -0.425 e. The zero-order chi connectivity index (χ0) is 44.0. The molecule has 0 bridgehead atoms. The predicted octanol–water partition coefficient (Wildman–Crippen LogP) is 4.39. The Morgan fingerprint density at radius 2 is 0.817 bits per heavy atom. The van der Waals surface area contributed by atoms with Crippen molar-refractivity contribution in [2.75, 3.05) is 18.8 Å². The van der Waals surface area contributed by atoms with E-state index in [2.05, 4.69) is 73.8 Å². The van der Waals surface area contributed by atoms with Crippen LogP contribution in [-0.4, -0.2) is 105 Å². The Bertz CT molecular complexity index is 2700. The molecule has 2 fully saturated rings. The van der Waals surface area contributed by atoms with E-state index in [4.69, 9.17) is 71.6 Å². The standard InChI is InChI=1S/C14H16N6O7S2.C11H10N6O3S3.C2H6.CH4S.O2S.H2S/c1-5-7(10-16-15-6(2)25-10)9(12-18-20-14(27-12)29(4,23)24)8(5)11-17-19-13(26-11)28(3,21)22;1-2-3(6-12-15-9(21)18-6)5(8-14-17-11(23)20-8)4(2)7-13-16-10(22)19-7;2*1-2;1-3-2;/h5,7-9H,1-4H3;2-5H,1H3,(H,15,21)(H,16,22)(H,17,23);1-2H3;2H,1H3;;1H2. The molecule has 8 rings (SSSR count). The van der Waals surface area contributed by atoms with Gasteiger partial charge in [-0.2, -0.15) is 34.5 Å². The molecule has 6 aromatic heterocycles. The van der Waals surface area contributed by atoms with E-state index >= 15 is 0 Å².